The van der Waals surface area contributed by atoms with Crippen LogP contribution >= 0.6 is 11.6 Å². The van der Waals surface area contributed by atoms with Gasteiger partial charge in [0.25, 0.3) is 0 Å². The number of fused-ring (bicyclic) bond motifs is 2. The number of aryl methyl sites for hydroxylation is 1. The number of benzene rings is 1. The number of nitrogens with zero attached hydrogens (tertiary/aromatic N) is 2. The average Bonchev–Trinajstić information content (AvgIpc) is 3.05. The molecule has 21 heavy (non-hydrogen) atoms. The Morgan fingerprint density at radius 1 is 1.24 bits per heavy atom. The number of hydrogen-bond donors (Lipinski definition) is 1. The van der Waals surface area contributed by atoms with Crippen LogP contribution in [0, 0.1) is 18.8 Å². The molecule has 0 spiro atoms. The van der Waals surface area contributed by atoms with Crippen molar-refractivity contribution in [3.8, 4) is 0 Å². The predicted molar refractivity (Wildman–Crippen MR) is 86.6 cm³/mol. The molecule has 3 nitrogen and oxygen atoms in total. The minimum absolute atomic E-state index is 0.810. The average molecular weight is 302 g/mol. The van der Waals surface area contributed by atoms with Gasteiger partial charge in [-0.15, -0.1) is 0 Å². The molecule has 2 aliphatic rings. The minimum atomic E-state index is 0.810. The van der Waals surface area contributed by atoms with Gasteiger partial charge >= 0.3 is 0 Å². The lowest BCUT2D eigenvalue weighted by Crippen LogP contribution is -2.26. The molecule has 2 atom stereocenters. The molecule has 2 fully saturated rings. The maximum absolute atomic E-state index is 6.57. The summed E-state index contributed by atoms with van der Waals surface area (Å²) in [6, 6.07) is 8.25. The Balaban J connectivity index is 1.63. The van der Waals surface area contributed by atoms with Gasteiger partial charge in [-0.25, -0.2) is 4.98 Å². The van der Waals surface area contributed by atoms with Crippen molar-refractivity contribution in [1.82, 2.24) is 15.2 Å². The molecule has 4 rings (SSSR count). The third-order valence-electron chi connectivity index (χ3n) is 4.98. The van der Waals surface area contributed by atoms with Crippen LogP contribution in [0.15, 0.2) is 24.3 Å². The van der Waals surface area contributed by atoms with Crippen molar-refractivity contribution in [2.24, 2.45) is 11.8 Å². The first-order chi connectivity index (χ1) is 10.2. The second-order valence-corrected chi connectivity index (χ2v) is 6.77. The summed E-state index contributed by atoms with van der Waals surface area (Å²) in [5.41, 5.74) is 3.23. The smallest absolute Gasteiger partial charge is 0.0740 e. The van der Waals surface area contributed by atoms with E-state index in [0.29, 0.717) is 0 Å². The van der Waals surface area contributed by atoms with E-state index in [1.165, 1.54) is 26.2 Å². The van der Waals surface area contributed by atoms with Gasteiger partial charge in [0.1, 0.15) is 0 Å². The molecule has 0 saturated carbocycles. The number of likely N-dealkylation sites (tertiary alicyclic amines) is 1. The highest BCUT2D eigenvalue weighted by Gasteiger charge is 2.36. The van der Waals surface area contributed by atoms with Crippen LogP contribution in [0.25, 0.3) is 10.9 Å². The number of rotatable bonds is 2. The summed E-state index contributed by atoms with van der Waals surface area (Å²) >= 11 is 6.57. The Morgan fingerprint density at radius 3 is 2.71 bits per heavy atom. The van der Waals surface area contributed by atoms with Crippen LogP contribution in [0.4, 0.5) is 0 Å². The summed E-state index contributed by atoms with van der Waals surface area (Å²) in [5.74, 6) is 1.62. The van der Waals surface area contributed by atoms with Gasteiger partial charge in [0.05, 0.1) is 16.2 Å². The van der Waals surface area contributed by atoms with Crippen molar-refractivity contribution >= 4 is 22.5 Å². The lowest BCUT2D eigenvalue weighted by molar-refractivity contribution is 0.302. The second-order valence-electron chi connectivity index (χ2n) is 6.39. The molecule has 0 radical (unpaired) electrons. The Morgan fingerprint density at radius 2 is 1.95 bits per heavy atom. The van der Waals surface area contributed by atoms with E-state index < -0.39 is 0 Å². The fourth-order valence-corrected chi connectivity index (χ4v) is 4.02. The number of aromatic nitrogens is 1. The summed E-state index contributed by atoms with van der Waals surface area (Å²) in [6.45, 7) is 7.64. The van der Waals surface area contributed by atoms with Crippen LogP contribution in [-0.2, 0) is 6.54 Å². The highest BCUT2D eigenvalue weighted by atomic mass is 35.5. The van der Waals surface area contributed by atoms with Crippen LogP contribution in [0.1, 0.15) is 11.3 Å². The fourth-order valence-electron chi connectivity index (χ4n) is 3.82. The van der Waals surface area contributed by atoms with E-state index in [0.717, 1.165) is 45.6 Å². The van der Waals surface area contributed by atoms with E-state index in [9.17, 15) is 0 Å². The molecule has 4 heteroatoms. The van der Waals surface area contributed by atoms with Gasteiger partial charge in [0, 0.05) is 25.0 Å². The first-order valence-corrected chi connectivity index (χ1v) is 8.07. The number of para-hydroxylation sites is 1. The maximum Gasteiger partial charge on any atom is 0.0740 e. The zero-order valence-corrected chi connectivity index (χ0v) is 13.0. The van der Waals surface area contributed by atoms with Gasteiger partial charge < -0.3 is 5.32 Å². The summed E-state index contributed by atoms with van der Waals surface area (Å²) in [6.07, 6.45) is 0. The number of nitrogens with one attached hydrogen (secondary N) is 1. The first kappa shape index (κ1) is 13.5. The minimum Gasteiger partial charge on any atom is -0.316 e. The molecule has 0 amide bonds. The highest BCUT2D eigenvalue weighted by Crippen LogP contribution is 2.31. The van der Waals surface area contributed by atoms with E-state index in [-0.39, 0.29) is 0 Å². The van der Waals surface area contributed by atoms with Gasteiger partial charge in [0.15, 0.2) is 0 Å². The first-order valence-electron chi connectivity index (χ1n) is 7.69. The summed E-state index contributed by atoms with van der Waals surface area (Å²) in [7, 11) is 0. The van der Waals surface area contributed by atoms with Crippen LogP contribution in [0.2, 0.25) is 5.02 Å². The Labute approximate surface area is 130 Å². The van der Waals surface area contributed by atoms with Gasteiger partial charge in [-0.05, 0) is 43.5 Å². The zero-order chi connectivity index (χ0) is 14.4. The quantitative estimate of drug-likeness (QED) is 0.924. The van der Waals surface area contributed by atoms with Crippen molar-refractivity contribution in [2.45, 2.75) is 13.5 Å². The molecule has 1 aromatic carbocycles. The van der Waals surface area contributed by atoms with Crippen molar-refractivity contribution in [1.29, 1.82) is 0 Å². The molecular weight excluding hydrogens is 282 g/mol. The molecule has 110 valence electrons. The highest BCUT2D eigenvalue weighted by molar-refractivity contribution is 6.32. The van der Waals surface area contributed by atoms with Crippen molar-refractivity contribution in [3.05, 3.63) is 40.5 Å². The summed E-state index contributed by atoms with van der Waals surface area (Å²) in [5, 5.41) is 5.48. The van der Waals surface area contributed by atoms with Crippen molar-refractivity contribution < 1.29 is 0 Å². The monoisotopic (exact) mass is 301 g/mol. The largest absolute Gasteiger partial charge is 0.316 e. The topological polar surface area (TPSA) is 28.2 Å². The van der Waals surface area contributed by atoms with Crippen LogP contribution in [0.3, 0.4) is 0 Å². The van der Waals surface area contributed by atoms with Gasteiger partial charge in [-0.2, -0.15) is 0 Å². The summed E-state index contributed by atoms with van der Waals surface area (Å²) in [4.78, 5) is 7.32. The third-order valence-corrected chi connectivity index (χ3v) is 5.49. The van der Waals surface area contributed by atoms with Crippen LogP contribution in [0.5, 0.6) is 0 Å². The number of hydrogen-bond acceptors (Lipinski definition) is 3. The van der Waals surface area contributed by atoms with Crippen LogP contribution < -0.4 is 5.32 Å². The second kappa shape index (κ2) is 5.24. The van der Waals surface area contributed by atoms with Crippen molar-refractivity contribution in [3.63, 3.8) is 0 Å². The molecule has 2 aromatic rings. The zero-order valence-electron chi connectivity index (χ0n) is 12.3. The van der Waals surface area contributed by atoms with E-state index in [4.69, 9.17) is 16.6 Å². The third kappa shape index (κ3) is 2.33. The lowest BCUT2D eigenvalue weighted by Gasteiger charge is -2.18. The van der Waals surface area contributed by atoms with E-state index in [1.54, 1.807) is 0 Å². The molecule has 1 aromatic heterocycles. The van der Waals surface area contributed by atoms with Gasteiger partial charge in [-0.3, -0.25) is 4.90 Å². The van der Waals surface area contributed by atoms with Gasteiger partial charge in [0.2, 0.25) is 0 Å². The van der Waals surface area contributed by atoms with E-state index >= 15 is 0 Å². The molecule has 0 aliphatic carbocycles. The predicted octanol–water partition coefficient (Wildman–Crippen LogP) is 2.85. The molecule has 2 saturated heterocycles. The molecule has 1 N–H and O–H groups in total. The summed E-state index contributed by atoms with van der Waals surface area (Å²) < 4.78 is 0. The normalized spacial score (nSPS) is 25.6. The Hall–Kier alpha value is -1.16. The SMILES string of the molecule is Cc1c(Cl)c(CN2C[C@H]3CNC[C@H]3C2)nc2ccccc12. The Bertz CT molecular complexity index is 673. The van der Waals surface area contributed by atoms with E-state index in [2.05, 4.69) is 29.3 Å². The standard InChI is InChI=1S/C17H20ClN3/c1-11-14-4-2-3-5-15(14)20-16(17(11)18)10-21-8-12-6-19-7-13(12)9-21/h2-5,12-13,19H,6-10H2,1H3/t12-,13+. The molecule has 0 bridgehead atoms. The Kier molecular flexibility index (Phi) is 3.37. The lowest BCUT2D eigenvalue weighted by atomic mass is 10.0. The molecule has 0 unspecified atom stereocenters. The fraction of sp³-hybridized carbons (Fsp3) is 0.471. The molecule has 2 aliphatic heterocycles. The number of halogens is 1. The van der Waals surface area contributed by atoms with Crippen molar-refractivity contribution in [2.75, 3.05) is 26.2 Å². The molecule has 3 heterocycles. The van der Waals surface area contributed by atoms with Gasteiger partial charge in [-0.1, -0.05) is 29.8 Å². The van der Waals surface area contributed by atoms with Crippen LogP contribution in [-0.4, -0.2) is 36.1 Å². The van der Waals surface area contributed by atoms with E-state index in [1.807, 2.05) is 12.1 Å². The number of pyridine rings is 1. The molecular formula is C17H20ClN3. The maximum atomic E-state index is 6.57.